The van der Waals surface area contributed by atoms with Crippen LogP contribution in [0.5, 0.6) is 0 Å². The maximum atomic E-state index is 4.57. The van der Waals surface area contributed by atoms with E-state index < -0.39 is 0 Å². The van der Waals surface area contributed by atoms with Crippen LogP contribution in [0.2, 0.25) is 0 Å². The van der Waals surface area contributed by atoms with Crippen molar-refractivity contribution in [2.24, 2.45) is 0 Å². The molecule has 5 rings (SSSR count). The maximum Gasteiger partial charge on any atom is 0.218 e. The first kappa shape index (κ1) is 11.2. The van der Waals surface area contributed by atoms with Gasteiger partial charge in [-0.1, -0.05) is 24.3 Å². The fraction of sp³-hybridized carbons (Fsp3) is 0.158. The lowest BCUT2D eigenvalue weighted by Crippen LogP contribution is -2.32. The summed E-state index contributed by atoms with van der Waals surface area (Å²) < 4.78 is 2.40. The van der Waals surface area contributed by atoms with Crippen molar-refractivity contribution in [3.05, 3.63) is 71.2 Å². The molecule has 0 bridgehead atoms. The van der Waals surface area contributed by atoms with Gasteiger partial charge in [-0.15, -0.1) is 0 Å². The molecule has 2 aromatic heterocycles. The summed E-state index contributed by atoms with van der Waals surface area (Å²) in [6.45, 7) is 3.16. The van der Waals surface area contributed by atoms with Crippen LogP contribution < -0.4 is 4.57 Å². The highest BCUT2D eigenvalue weighted by Crippen LogP contribution is 2.40. The monoisotopic (exact) mass is 271 g/mol. The number of benzene rings is 1. The Morgan fingerprint density at radius 3 is 2.90 bits per heavy atom. The largest absolute Gasteiger partial charge is 0.260 e. The smallest absolute Gasteiger partial charge is 0.218 e. The van der Waals surface area contributed by atoms with Gasteiger partial charge in [-0.05, 0) is 30.2 Å². The van der Waals surface area contributed by atoms with Crippen LogP contribution in [0.4, 0.5) is 0 Å². The highest BCUT2D eigenvalue weighted by atomic mass is 15.0. The van der Waals surface area contributed by atoms with Crippen molar-refractivity contribution < 1.29 is 4.57 Å². The third-order valence-electron chi connectivity index (χ3n) is 4.72. The molecule has 0 fully saturated rings. The van der Waals surface area contributed by atoms with Gasteiger partial charge in [0.25, 0.3) is 0 Å². The molecule has 3 aromatic rings. The standard InChI is InChI=1S/C19H15N2/c1-12-4-2-3-5-16(12)15-8-14-9-17-18-13(6-7-20-17)10-21(11-15)19(14)18/h2-8,11H,9-10H2,1H3/q+1. The Balaban J connectivity index is 1.77. The van der Waals surface area contributed by atoms with Crippen LogP contribution >= 0.6 is 0 Å². The van der Waals surface area contributed by atoms with Gasteiger partial charge in [0.05, 0.1) is 11.3 Å². The van der Waals surface area contributed by atoms with Crippen molar-refractivity contribution in [2.75, 3.05) is 0 Å². The minimum Gasteiger partial charge on any atom is -0.260 e. The molecular weight excluding hydrogens is 256 g/mol. The Kier molecular flexibility index (Phi) is 2.02. The molecule has 2 heteroatoms. The molecule has 1 aromatic carbocycles. The molecule has 0 N–H and O–H groups in total. The number of aryl methyl sites for hydroxylation is 1. The Bertz CT molecular complexity index is 864. The van der Waals surface area contributed by atoms with Gasteiger partial charge in [-0.25, -0.2) is 0 Å². The summed E-state index contributed by atoms with van der Waals surface area (Å²) in [6, 6.07) is 13.1. The van der Waals surface area contributed by atoms with Crippen molar-refractivity contribution in [1.29, 1.82) is 0 Å². The average Bonchev–Trinajstić information content (AvgIpc) is 3.05. The van der Waals surface area contributed by atoms with Gasteiger partial charge in [-0.2, -0.15) is 4.57 Å². The van der Waals surface area contributed by atoms with Crippen molar-refractivity contribution in [1.82, 2.24) is 4.98 Å². The van der Waals surface area contributed by atoms with Crippen LogP contribution in [-0.2, 0) is 13.0 Å². The van der Waals surface area contributed by atoms with E-state index in [2.05, 4.69) is 59.1 Å². The third kappa shape index (κ3) is 1.42. The van der Waals surface area contributed by atoms with Gasteiger partial charge < -0.3 is 0 Å². The molecule has 2 nitrogen and oxygen atoms in total. The second kappa shape index (κ2) is 3.79. The molecule has 1 aliphatic carbocycles. The number of hydrogen-bond donors (Lipinski definition) is 0. The van der Waals surface area contributed by atoms with Gasteiger partial charge in [0.2, 0.25) is 5.69 Å². The first-order chi connectivity index (χ1) is 10.3. The second-order valence-corrected chi connectivity index (χ2v) is 6.01. The summed E-state index contributed by atoms with van der Waals surface area (Å²) in [5.74, 6) is 0. The molecular formula is C19H15N2+. The normalized spacial score (nSPS) is 13.6. The second-order valence-electron chi connectivity index (χ2n) is 6.01. The quantitative estimate of drug-likeness (QED) is 0.428. The fourth-order valence-electron chi connectivity index (χ4n) is 3.79. The van der Waals surface area contributed by atoms with Crippen molar-refractivity contribution in [3.8, 4) is 22.4 Å². The van der Waals surface area contributed by atoms with Crippen LogP contribution in [0.1, 0.15) is 22.4 Å². The van der Waals surface area contributed by atoms with E-state index in [-0.39, 0.29) is 0 Å². The highest BCUT2D eigenvalue weighted by Gasteiger charge is 2.37. The molecule has 3 heterocycles. The summed E-state index contributed by atoms with van der Waals surface area (Å²) in [6.07, 6.45) is 5.22. The van der Waals surface area contributed by atoms with E-state index in [1.807, 2.05) is 6.20 Å². The van der Waals surface area contributed by atoms with Crippen LogP contribution in [0.3, 0.4) is 0 Å². The van der Waals surface area contributed by atoms with Crippen LogP contribution in [0.25, 0.3) is 22.4 Å². The lowest BCUT2D eigenvalue weighted by atomic mass is 10.00. The summed E-state index contributed by atoms with van der Waals surface area (Å²) in [5.41, 5.74) is 10.8. The third-order valence-corrected chi connectivity index (χ3v) is 4.72. The molecule has 0 unspecified atom stereocenters. The predicted molar refractivity (Wildman–Crippen MR) is 81.9 cm³/mol. The van der Waals surface area contributed by atoms with Crippen molar-refractivity contribution in [2.45, 2.75) is 19.9 Å². The zero-order valence-corrected chi connectivity index (χ0v) is 11.9. The molecule has 0 atom stereocenters. The van der Waals surface area contributed by atoms with Gasteiger partial charge >= 0.3 is 0 Å². The molecule has 0 spiro atoms. The predicted octanol–water partition coefficient (Wildman–Crippen LogP) is 3.28. The SMILES string of the molecule is Cc1ccccc1-c1cc2c3[n+](c1)Cc1ccnc(c1-3)C2. The number of hydrogen-bond acceptors (Lipinski definition) is 1. The Hall–Kier alpha value is -2.48. The molecule has 0 saturated carbocycles. The van der Waals surface area contributed by atoms with Gasteiger partial charge in [-0.3, -0.25) is 4.98 Å². The topological polar surface area (TPSA) is 16.8 Å². The van der Waals surface area contributed by atoms with E-state index in [4.69, 9.17) is 0 Å². The number of nitrogens with zero attached hydrogens (tertiary/aromatic N) is 2. The van der Waals surface area contributed by atoms with Gasteiger partial charge in [0.15, 0.2) is 12.7 Å². The number of aromatic nitrogens is 2. The van der Waals surface area contributed by atoms with E-state index in [9.17, 15) is 0 Å². The Morgan fingerprint density at radius 2 is 2.00 bits per heavy atom. The van der Waals surface area contributed by atoms with Crippen LogP contribution in [0.15, 0.2) is 48.8 Å². The molecule has 0 amide bonds. The summed E-state index contributed by atoms with van der Waals surface area (Å²) in [4.78, 5) is 4.57. The van der Waals surface area contributed by atoms with Crippen molar-refractivity contribution in [3.63, 3.8) is 0 Å². The lowest BCUT2D eigenvalue weighted by molar-refractivity contribution is -0.671. The first-order valence-corrected chi connectivity index (χ1v) is 7.41. The fourth-order valence-corrected chi connectivity index (χ4v) is 3.79. The van der Waals surface area contributed by atoms with Crippen molar-refractivity contribution >= 4 is 0 Å². The van der Waals surface area contributed by atoms with E-state index in [1.54, 1.807) is 0 Å². The zero-order valence-electron chi connectivity index (χ0n) is 11.9. The molecule has 21 heavy (non-hydrogen) atoms. The molecule has 1 aliphatic heterocycles. The molecule has 0 saturated heterocycles. The Labute approximate surface area is 123 Å². The minimum absolute atomic E-state index is 0.970. The highest BCUT2D eigenvalue weighted by molar-refractivity contribution is 5.77. The van der Waals surface area contributed by atoms with Gasteiger partial charge in [0.1, 0.15) is 0 Å². The number of pyridine rings is 2. The Morgan fingerprint density at radius 1 is 1.10 bits per heavy atom. The van der Waals surface area contributed by atoms with E-state index >= 15 is 0 Å². The maximum absolute atomic E-state index is 4.57. The molecule has 2 aliphatic rings. The molecule has 0 radical (unpaired) electrons. The summed E-state index contributed by atoms with van der Waals surface area (Å²) in [5, 5.41) is 0. The minimum atomic E-state index is 0.970. The average molecular weight is 271 g/mol. The first-order valence-electron chi connectivity index (χ1n) is 7.41. The lowest BCUT2D eigenvalue weighted by Gasteiger charge is -2.06. The zero-order chi connectivity index (χ0) is 14.0. The van der Waals surface area contributed by atoms with Crippen LogP contribution in [-0.4, -0.2) is 4.98 Å². The van der Waals surface area contributed by atoms with Gasteiger partial charge in [0, 0.05) is 29.3 Å². The van der Waals surface area contributed by atoms with Crippen LogP contribution in [0, 0.1) is 6.92 Å². The summed E-state index contributed by atoms with van der Waals surface area (Å²) in [7, 11) is 0. The summed E-state index contributed by atoms with van der Waals surface area (Å²) >= 11 is 0. The molecule has 100 valence electrons. The van der Waals surface area contributed by atoms with E-state index in [0.29, 0.717) is 0 Å². The van der Waals surface area contributed by atoms with E-state index in [0.717, 1.165) is 13.0 Å². The number of rotatable bonds is 1. The van der Waals surface area contributed by atoms with E-state index in [1.165, 1.54) is 44.8 Å².